The van der Waals surface area contributed by atoms with Crippen LogP contribution in [-0.2, 0) is 4.79 Å². The molecule has 0 amide bonds. The third kappa shape index (κ3) is 3.29. The molecule has 1 unspecified atom stereocenters. The number of ether oxygens (including phenoxy) is 1. The molecule has 0 fully saturated rings. The van der Waals surface area contributed by atoms with E-state index in [9.17, 15) is 20.1 Å². The Morgan fingerprint density at radius 3 is 2.54 bits per heavy atom. The lowest BCUT2D eigenvalue weighted by Gasteiger charge is -2.31. The van der Waals surface area contributed by atoms with E-state index >= 15 is 0 Å². The molecule has 1 heterocycles. The summed E-state index contributed by atoms with van der Waals surface area (Å²) >= 11 is 12.0. The van der Waals surface area contributed by atoms with Crippen LogP contribution < -0.4 is 10.6 Å². The molecule has 5 N–H and O–H groups in total. The minimum absolute atomic E-state index is 0.0232. The molecule has 0 bridgehead atoms. The van der Waals surface area contributed by atoms with Gasteiger partial charge in [0, 0.05) is 5.56 Å². The molecule has 1 aromatic carbocycles. The Morgan fingerprint density at radius 2 is 2.00 bits per heavy atom. The zero-order valence-electron chi connectivity index (χ0n) is 12.8. The van der Waals surface area contributed by atoms with Gasteiger partial charge in [0.1, 0.15) is 21.6 Å². The minimum atomic E-state index is -1.61. The van der Waals surface area contributed by atoms with Crippen LogP contribution in [0.3, 0.4) is 0 Å². The molecule has 2 rings (SSSR count). The van der Waals surface area contributed by atoms with Gasteiger partial charge in [-0.3, -0.25) is 5.01 Å². The maximum Gasteiger partial charge on any atom is 0.355 e. The van der Waals surface area contributed by atoms with E-state index in [0.717, 1.165) is 0 Å². The van der Waals surface area contributed by atoms with Crippen molar-refractivity contribution in [2.75, 3.05) is 0 Å². The first-order chi connectivity index (χ1) is 11.1. The number of aromatic hydroxyl groups is 1. The molecule has 1 atom stereocenters. The molecule has 9 heteroatoms. The summed E-state index contributed by atoms with van der Waals surface area (Å²) in [5, 5.41) is 28.9. The van der Waals surface area contributed by atoms with Crippen molar-refractivity contribution in [3.05, 3.63) is 45.3 Å². The van der Waals surface area contributed by atoms with Gasteiger partial charge in [-0.25, -0.2) is 10.6 Å². The number of aliphatic hydroxyl groups excluding tert-OH is 1. The summed E-state index contributed by atoms with van der Waals surface area (Å²) in [4.78, 5) is 11.3. The zero-order valence-corrected chi connectivity index (χ0v) is 14.3. The molecule has 0 spiro atoms. The van der Waals surface area contributed by atoms with E-state index in [1.165, 1.54) is 12.1 Å². The lowest BCUT2D eigenvalue weighted by molar-refractivity contribution is -0.136. The van der Waals surface area contributed by atoms with Crippen LogP contribution >= 0.6 is 23.2 Å². The number of hydrogen-bond acceptors (Lipinski definition) is 6. The highest BCUT2D eigenvalue weighted by Crippen LogP contribution is 2.37. The lowest BCUT2D eigenvalue weighted by atomic mass is 10.0. The van der Waals surface area contributed by atoms with Crippen LogP contribution in [0.15, 0.2) is 39.7 Å². The van der Waals surface area contributed by atoms with E-state index in [0.29, 0.717) is 10.6 Å². The molecule has 130 valence electrons. The van der Waals surface area contributed by atoms with E-state index in [2.05, 4.69) is 0 Å². The number of phenolic OH excluding ortho intramolecular Hbond substituents is 1. The van der Waals surface area contributed by atoms with Crippen LogP contribution in [0.25, 0.3) is 0 Å². The molecule has 0 aliphatic carbocycles. The number of halogens is 2. The van der Waals surface area contributed by atoms with Crippen LogP contribution in [0.5, 0.6) is 11.5 Å². The molecule has 7 nitrogen and oxygen atoms in total. The van der Waals surface area contributed by atoms with Gasteiger partial charge in [-0.05, 0) is 24.1 Å². The molecule has 0 saturated carbocycles. The fraction of sp³-hybridized carbons (Fsp3) is 0.267. The molecule has 24 heavy (non-hydrogen) atoms. The second-order valence-electron chi connectivity index (χ2n) is 5.40. The minimum Gasteiger partial charge on any atom is -0.508 e. The first-order valence-corrected chi connectivity index (χ1v) is 7.66. The van der Waals surface area contributed by atoms with Crippen LogP contribution in [-0.4, -0.2) is 32.5 Å². The van der Waals surface area contributed by atoms with Gasteiger partial charge in [-0.15, -0.1) is 0 Å². The summed E-state index contributed by atoms with van der Waals surface area (Å²) in [6.45, 7) is 3.77. The molecule has 0 radical (unpaired) electrons. The number of carboxylic acids is 1. The number of benzene rings is 1. The first-order valence-electron chi connectivity index (χ1n) is 6.91. The number of hydrogen-bond donors (Lipinski definition) is 4. The van der Waals surface area contributed by atoms with Gasteiger partial charge < -0.3 is 20.1 Å². The Labute approximate surface area is 148 Å². The third-order valence-corrected chi connectivity index (χ3v) is 4.13. The number of phenols is 1. The molecule has 1 aliphatic heterocycles. The SMILES string of the molecule is CC(C)c1cc(OC2=C(Cl)C(O)N(N)C(C(=O)O)=C2Cl)ccc1O. The predicted octanol–water partition coefficient (Wildman–Crippen LogP) is 2.39. The molecule has 1 aromatic rings. The number of allylic oxidation sites excluding steroid dienone is 1. The molecule has 1 aliphatic rings. The monoisotopic (exact) mass is 374 g/mol. The van der Waals surface area contributed by atoms with Gasteiger partial charge >= 0.3 is 5.97 Å². The van der Waals surface area contributed by atoms with Crippen molar-refractivity contribution in [1.82, 2.24) is 5.01 Å². The maximum absolute atomic E-state index is 11.3. The smallest absolute Gasteiger partial charge is 0.355 e. The largest absolute Gasteiger partial charge is 0.508 e. The van der Waals surface area contributed by atoms with Crippen molar-refractivity contribution in [2.45, 2.75) is 26.0 Å². The van der Waals surface area contributed by atoms with Crippen LogP contribution in [0.1, 0.15) is 25.3 Å². The van der Waals surface area contributed by atoms with Gasteiger partial charge in [0.15, 0.2) is 17.7 Å². The first kappa shape index (κ1) is 18.4. The quantitative estimate of drug-likeness (QED) is 0.597. The zero-order chi connectivity index (χ0) is 18.2. The second-order valence-corrected chi connectivity index (χ2v) is 6.19. The summed E-state index contributed by atoms with van der Waals surface area (Å²) < 4.78 is 5.57. The fourth-order valence-electron chi connectivity index (χ4n) is 2.16. The van der Waals surface area contributed by atoms with E-state index in [1.54, 1.807) is 6.07 Å². The normalized spacial score (nSPS) is 18.5. The Balaban J connectivity index is 2.48. The fourth-order valence-corrected chi connectivity index (χ4v) is 2.77. The third-order valence-electron chi connectivity index (χ3n) is 3.42. The van der Waals surface area contributed by atoms with E-state index in [-0.39, 0.29) is 33.2 Å². The number of aliphatic hydroxyl groups is 1. The summed E-state index contributed by atoms with van der Waals surface area (Å²) in [6, 6.07) is 4.47. The van der Waals surface area contributed by atoms with E-state index in [1.807, 2.05) is 13.8 Å². The number of rotatable bonds is 4. The van der Waals surface area contributed by atoms with Gasteiger partial charge in [0.25, 0.3) is 0 Å². The number of carboxylic acid groups (broad SMARTS) is 1. The summed E-state index contributed by atoms with van der Waals surface area (Å²) in [7, 11) is 0. The highest BCUT2D eigenvalue weighted by atomic mass is 35.5. The molecule has 0 saturated heterocycles. The van der Waals surface area contributed by atoms with Crippen molar-refractivity contribution in [2.24, 2.45) is 5.84 Å². The number of aliphatic carboxylic acids is 1. The number of nitrogens with zero attached hydrogens (tertiary/aromatic N) is 1. The van der Waals surface area contributed by atoms with Crippen molar-refractivity contribution in [3.63, 3.8) is 0 Å². The summed E-state index contributed by atoms with van der Waals surface area (Å²) in [5.74, 6) is 4.23. The van der Waals surface area contributed by atoms with E-state index < -0.39 is 17.9 Å². The Morgan fingerprint density at radius 1 is 1.38 bits per heavy atom. The van der Waals surface area contributed by atoms with Gasteiger partial charge in [0.2, 0.25) is 0 Å². The van der Waals surface area contributed by atoms with Crippen molar-refractivity contribution < 1.29 is 24.9 Å². The van der Waals surface area contributed by atoms with Gasteiger partial charge in [-0.2, -0.15) is 0 Å². The van der Waals surface area contributed by atoms with Gasteiger partial charge in [0.05, 0.1) is 0 Å². The molecular formula is C15H16Cl2N2O5. The van der Waals surface area contributed by atoms with Crippen molar-refractivity contribution in [3.8, 4) is 11.5 Å². The highest BCUT2D eigenvalue weighted by molar-refractivity contribution is 6.37. The predicted molar refractivity (Wildman–Crippen MR) is 88.3 cm³/mol. The Bertz CT molecular complexity index is 745. The molecular weight excluding hydrogens is 359 g/mol. The lowest BCUT2D eigenvalue weighted by Crippen LogP contribution is -2.46. The van der Waals surface area contributed by atoms with Crippen molar-refractivity contribution in [1.29, 1.82) is 0 Å². The van der Waals surface area contributed by atoms with E-state index in [4.69, 9.17) is 33.8 Å². The van der Waals surface area contributed by atoms with Crippen LogP contribution in [0, 0.1) is 0 Å². The number of carbonyl (C=O) groups is 1. The summed E-state index contributed by atoms with van der Waals surface area (Å²) in [6.07, 6.45) is -1.61. The summed E-state index contributed by atoms with van der Waals surface area (Å²) in [5.41, 5.74) is 0.0750. The van der Waals surface area contributed by atoms with Gasteiger partial charge in [-0.1, -0.05) is 37.0 Å². The molecule has 0 aromatic heterocycles. The average Bonchev–Trinajstić information content (AvgIpc) is 2.50. The second kappa shape index (κ2) is 6.90. The van der Waals surface area contributed by atoms with Crippen molar-refractivity contribution >= 4 is 29.2 Å². The van der Waals surface area contributed by atoms with Crippen LogP contribution in [0.2, 0.25) is 0 Å². The number of nitrogens with two attached hydrogens (primary N) is 1. The average molecular weight is 375 g/mol. The highest BCUT2D eigenvalue weighted by Gasteiger charge is 2.36. The topological polar surface area (TPSA) is 116 Å². The maximum atomic E-state index is 11.3. The Kier molecular flexibility index (Phi) is 5.29. The number of hydrazine groups is 1. The Hall–Kier alpha value is -1.93. The standard InChI is InChI=1S/C15H16Cl2N2O5/c1-6(2)8-5-7(3-4-9(8)20)24-13-10(16)12(15(22)23)19(18)14(21)11(13)17/h3-6,14,20-21H,18H2,1-2H3,(H,22,23). The van der Waals surface area contributed by atoms with Crippen LogP contribution in [0.4, 0.5) is 0 Å².